The number of carboxylic acid groups (broad SMARTS) is 1. The molecule has 1 N–H and O–H groups in total. The molecule has 6 heteroatoms. The summed E-state index contributed by atoms with van der Waals surface area (Å²) in [5.41, 5.74) is 1.78. The first kappa shape index (κ1) is 12.8. The molecule has 0 bridgehead atoms. The van der Waals surface area contributed by atoms with Gasteiger partial charge < -0.3 is 9.67 Å². The monoisotopic (exact) mass is 260 g/mol. The van der Waals surface area contributed by atoms with Gasteiger partial charge >= 0.3 is 5.97 Å². The average Bonchev–Trinajstić information content (AvgIpc) is 2.55. The van der Waals surface area contributed by atoms with Crippen LogP contribution in [0.2, 0.25) is 0 Å². The lowest BCUT2D eigenvalue weighted by molar-refractivity contribution is 0.0697. The molecule has 1 aromatic heterocycles. The lowest BCUT2D eigenvalue weighted by Gasteiger charge is -1.97. The van der Waals surface area contributed by atoms with Gasteiger partial charge in [0.25, 0.3) is 0 Å². The number of hydrogen-bond donors (Lipinski definition) is 1. The van der Waals surface area contributed by atoms with Crippen LogP contribution in [-0.4, -0.2) is 20.6 Å². The molecule has 1 aromatic carbocycles. The summed E-state index contributed by atoms with van der Waals surface area (Å²) < 4.78 is 1.86. The van der Waals surface area contributed by atoms with Crippen molar-refractivity contribution in [3.8, 4) is 0 Å². The Bertz CT molecular complexity index is 537. The number of carbonyl (C=O) groups is 1. The Morgan fingerprint density at radius 3 is 2.81 bits per heavy atom. The van der Waals surface area contributed by atoms with Crippen LogP contribution in [-0.2, 0) is 12.9 Å². The quantitative estimate of drug-likeness (QED) is 0.844. The van der Waals surface area contributed by atoms with E-state index in [4.69, 9.17) is 16.7 Å². The highest BCUT2D eigenvalue weighted by atomic mass is 35.5. The molecule has 0 aliphatic rings. The second kappa shape index (κ2) is 4.72. The Balaban J connectivity index is 0.00000128. The van der Waals surface area contributed by atoms with Crippen LogP contribution in [0.5, 0.6) is 0 Å². The first-order valence-corrected chi connectivity index (χ1v) is 4.91. The van der Waals surface area contributed by atoms with E-state index in [9.17, 15) is 4.79 Å². The normalized spacial score (nSPS) is 10.1. The van der Waals surface area contributed by atoms with Gasteiger partial charge in [0.1, 0.15) is 5.82 Å². The van der Waals surface area contributed by atoms with Crippen molar-refractivity contribution in [2.45, 2.75) is 5.88 Å². The van der Waals surface area contributed by atoms with Gasteiger partial charge in [-0.1, -0.05) is 0 Å². The molecule has 0 aliphatic heterocycles. The maximum atomic E-state index is 10.7. The number of aromatic carboxylic acids is 1. The van der Waals surface area contributed by atoms with Gasteiger partial charge in [0.15, 0.2) is 0 Å². The maximum absolute atomic E-state index is 10.7. The van der Waals surface area contributed by atoms with Gasteiger partial charge in [0, 0.05) is 7.05 Å². The van der Waals surface area contributed by atoms with Gasteiger partial charge in [0.2, 0.25) is 0 Å². The average molecular weight is 261 g/mol. The number of hydrogen-bond acceptors (Lipinski definition) is 2. The van der Waals surface area contributed by atoms with Crippen LogP contribution in [0.25, 0.3) is 11.0 Å². The molecule has 2 rings (SSSR count). The first-order valence-electron chi connectivity index (χ1n) is 4.38. The van der Waals surface area contributed by atoms with Crippen LogP contribution in [0.4, 0.5) is 0 Å². The van der Waals surface area contributed by atoms with Gasteiger partial charge in [-0.05, 0) is 18.2 Å². The summed E-state index contributed by atoms with van der Waals surface area (Å²) >= 11 is 5.71. The zero-order valence-electron chi connectivity index (χ0n) is 8.48. The van der Waals surface area contributed by atoms with Crippen LogP contribution in [0.1, 0.15) is 16.2 Å². The number of alkyl halides is 1. The number of benzene rings is 1. The van der Waals surface area contributed by atoms with E-state index in [1.54, 1.807) is 18.2 Å². The zero-order valence-corrected chi connectivity index (χ0v) is 10.0. The molecule has 0 unspecified atom stereocenters. The van der Waals surface area contributed by atoms with Crippen LogP contribution in [0.15, 0.2) is 18.2 Å². The second-order valence-corrected chi connectivity index (χ2v) is 3.50. The molecular formula is C10H10Cl2N2O2. The Morgan fingerprint density at radius 2 is 2.25 bits per heavy atom. The van der Waals surface area contributed by atoms with Gasteiger partial charge in [-0.15, -0.1) is 24.0 Å². The van der Waals surface area contributed by atoms with Crippen LogP contribution < -0.4 is 0 Å². The highest BCUT2D eigenvalue weighted by Crippen LogP contribution is 2.17. The fourth-order valence-electron chi connectivity index (χ4n) is 1.50. The molecule has 0 amide bonds. The Hall–Kier alpha value is -1.26. The second-order valence-electron chi connectivity index (χ2n) is 3.23. The number of halogens is 2. The summed E-state index contributed by atoms with van der Waals surface area (Å²) in [5, 5.41) is 8.82. The van der Waals surface area contributed by atoms with Gasteiger partial charge in [-0.2, -0.15) is 0 Å². The predicted molar refractivity (Wildman–Crippen MR) is 64.5 cm³/mol. The van der Waals surface area contributed by atoms with Crippen molar-refractivity contribution in [2.75, 3.05) is 0 Å². The molecule has 0 radical (unpaired) electrons. The van der Waals surface area contributed by atoms with Gasteiger partial charge in [-0.3, -0.25) is 0 Å². The third-order valence-corrected chi connectivity index (χ3v) is 2.58. The van der Waals surface area contributed by atoms with E-state index in [2.05, 4.69) is 4.98 Å². The SMILES string of the molecule is Cl.Cn1c(CCl)nc2cc(C(=O)O)ccc21. The van der Waals surface area contributed by atoms with Crippen LogP contribution in [0, 0.1) is 0 Å². The van der Waals surface area contributed by atoms with E-state index in [1.807, 2.05) is 11.6 Å². The van der Waals surface area contributed by atoms with Crippen molar-refractivity contribution in [3.05, 3.63) is 29.6 Å². The number of fused-ring (bicyclic) bond motifs is 1. The van der Waals surface area contributed by atoms with E-state index < -0.39 is 5.97 Å². The number of aromatic nitrogens is 2. The maximum Gasteiger partial charge on any atom is 0.335 e. The molecular weight excluding hydrogens is 251 g/mol. The van der Waals surface area contributed by atoms with Crippen molar-refractivity contribution >= 4 is 41.0 Å². The van der Waals surface area contributed by atoms with Crippen molar-refractivity contribution < 1.29 is 9.90 Å². The molecule has 1 heterocycles. The largest absolute Gasteiger partial charge is 0.478 e. The van der Waals surface area contributed by atoms with E-state index >= 15 is 0 Å². The van der Waals surface area contributed by atoms with Crippen LogP contribution in [0.3, 0.4) is 0 Å². The summed E-state index contributed by atoms with van der Waals surface area (Å²) in [7, 11) is 1.85. The molecule has 0 saturated heterocycles. The fourth-order valence-corrected chi connectivity index (χ4v) is 1.74. The third-order valence-electron chi connectivity index (χ3n) is 2.34. The summed E-state index contributed by atoms with van der Waals surface area (Å²) in [4.78, 5) is 15.0. The number of nitrogens with zero attached hydrogens (tertiary/aromatic N) is 2. The van der Waals surface area contributed by atoms with E-state index in [0.717, 1.165) is 11.3 Å². The standard InChI is InChI=1S/C10H9ClN2O2.ClH/c1-13-8-3-2-6(10(14)15)4-7(8)12-9(13)5-11;/h2-4H,5H2,1H3,(H,14,15);1H. The zero-order chi connectivity index (χ0) is 11.0. The minimum Gasteiger partial charge on any atom is -0.478 e. The van der Waals surface area contributed by atoms with Gasteiger partial charge in [0.05, 0.1) is 22.5 Å². The Kier molecular flexibility index (Phi) is 3.78. The minimum absolute atomic E-state index is 0. The van der Waals surface area contributed by atoms with E-state index in [1.165, 1.54) is 0 Å². The minimum atomic E-state index is -0.949. The van der Waals surface area contributed by atoms with Crippen molar-refractivity contribution in [1.82, 2.24) is 9.55 Å². The molecule has 0 fully saturated rings. The summed E-state index contributed by atoms with van der Waals surface area (Å²) in [5.74, 6) is 0.0947. The number of carboxylic acids is 1. The predicted octanol–water partition coefficient (Wildman–Crippen LogP) is 2.43. The summed E-state index contributed by atoms with van der Waals surface area (Å²) in [6.45, 7) is 0. The number of imidazole rings is 1. The van der Waals surface area contributed by atoms with Gasteiger partial charge in [-0.25, -0.2) is 9.78 Å². The fraction of sp³-hybridized carbons (Fsp3) is 0.200. The highest BCUT2D eigenvalue weighted by molar-refractivity contribution is 6.16. The molecule has 4 nitrogen and oxygen atoms in total. The van der Waals surface area contributed by atoms with Crippen molar-refractivity contribution in [3.63, 3.8) is 0 Å². The molecule has 16 heavy (non-hydrogen) atoms. The molecule has 0 aliphatic carbocycles. The molecule has 0 spiro atoms. The topological polar surface area (TPSA) is 55.1 Å². The molecule has 0 saturated carbocycles. The number of rotatable bonds is 2. The Morgan fingerprint density at radius 1 is 1.56 bits per heavy atom. The smallest absolute Gasteiger partial charge is 0.335 e. The molecule has 2 aromatic rings. The Labute approximate surface area is 103 Å². The van der Waals surface area contributed by atoms with E-state index in [0.29, 0.717) is 11.4 Å². The molecule has 86 valence electrons. The summed E-state index contributed by atoms with van der Waals surface area (Å²) in [6.07, 6.45) is 0. The van der Waals surface area contributed by atoms with Crippen LogP contribution >= 0.6 is 24.0 Å². The van der Waals surface area contributed by atoms with Crippen molar-refractivity contribution in [1.29, 1.82) is 0 Å². The third kappa shape index (κ3) is 1.99. The van der Waals surface area contributed by atoms with E-state index in [-0.39, 0.29) is 18.0 Å². The lowest BCUT2D eigenvalue weighted by atomic mass is 10.2. The highest BCUT2D eigenvalue weighted by Gasteiger charge is 2.09. The van der Waals surface area contributed by atoms with Crippen molar-refractivity contribution in [2.24, 2.45) is 7.05 Å². The first-order chi connectivity index (χ1) is 7.13. The lowest BCUT2D eigenvalue weighted by Crippen LogP contribution is -1.96. The molecule has 0 atom stereocenters. The number of aryl methyl sites for hydroxylation is 1. The summed E-state index contributed by atoms with van der Waals surface area (Å²) in [6, 6.07) is 4.85.